The second kappa shape index (κ2) is 22.6. The van der Waals surface area contributed by atoms with Gasteiger partial charge in [0.05, 0.1) is 30.8 Å². The third kappa shape index (κ3) is 14.5. The van der Waals surface area contributed by atoms with Crippen LogP contribution in [0.1, 0.15) is 99.5 Å². The Morgan fingerprint density at radius 1 is 0.783 bits per heavy atom. The van der Waals surface area contributed by atoms with Gasteiger partial charge in [-0.25, -0.2) is 19.4 Å². The van der Waals surface area contributed by atoms with Crippen molar-refractivity contribution in [2.45, 2.75) is 131 Å². The summed E-state index contributed by atoms with van der Waals surface area (Å²) in [6, 6.07) is -1.26. The average Bonchev–Trinajstić information content (AvgIpc) is 3.22. The third-order valence-corrected chi connectivity index (χ3v) is 8.93. The smallest absolute Gasteiger partial charge is 0.408 e. The number of carbonyl (C=O) groups excluding carboxylic acids is 8. The molecule has 336 valence electrons. The lowest BCUT2D eigenvalue weighted by Gasteiger charge is -2.29. The monoisotopic (exact) mass is 853 g/mol. The largest absolute Gasteiger partial charge is 0.503 e. The summed E-state index contributed by atoms with van der Waals surface area (Å²) in [5.74, 6) is -8.02. The van der Waals surface area contributed by atoms with Crippen LogP contribution in [0.3, 0.4) is 0 Å². The minimum Gasteiger partial charge on any atom is -0.503 e. The lowest BCUT2D eigenvalue weighted by Crippen LogP contribution is -2.48. The van der Waals surface area contributed by atoms with Gasteiger partial charge in [-0.05, 0) is 47.5 Å². The minimum atomic E-state index is -1.38. The number of aromatic nitrogens is 1. The lowest BCUT2D eigenvalue weighted by atomic mass is 9.95. The molecule has 1 aromatic rings. The van der Waals surface area contributed by atoms with Crippen molar-refractivity contribution >= 4 is 47.8 Å². The summed E-state index contributed by atoms with van der Waals surface area (Å²) in [7, 11) is 1.31. The topological polar surface area (TPSA) is 268 Å². The number of carbonyl (C=O) groups is 8. The molecule has 2 fully saturated rings. The number of cyclic esters (lactones) is 4. The molecule has 2 amide bonds. The van der Waals surface area contributed by atoms with E-state index >= 15 is 0 Å². The fraction of sp³-hybridized carbons (Fsp3) is 0.675. The van der Waals surface area contributed by atoms with Crippen molar-refractivity contribution in [3.63, 3.8) is 0 Å². The quantitative estimate of drug-likeness (QED) is 0.226. The maximum atomic E-state index is 12.7. The average molecular weight is 854 g/mol. The van der Waals surface area contributed by atoms with Crippen LogP contribution in [-0.4, -0.2) is 120 Å². The highest BCUT2D eigenvalue weighted by Crippen LogP contribution is 2.28. The predicted octanol–water partition coefficient (Wildman–Crippen LogP) is 2.94. The van der Waals surface area contributed by atoms with E-state index < -0.39 is 133 Å². The molecule has 0 bridgehead atoms. The molecule has 2 aliphatic heterocycles. The number of methoxy groups -OCH3 is 1. The van der Waals surface area contributed by atoms with Gasteiger partial charge in [0.1, 0.15) is 31.0 Å². The van der Waals surface area contributed by atoms with Gasteiger partial charge >= 0.3 is 41.9 Å². The Bertz CT molecular complexity index is 1710. The van der Waals surface area contributed by atoms with Crippen molar-refractivity contribution in [3.05, 3.63) is 18.0 Å². The molecule has 60 heavy (non-hydrogen) atoms. The summed E-state index contributed by atoms with van der Waals surface area (Å²) in [4.78, 5) is 103. The number of rotatable bonds is 10. The van der Waals surface area contributed by atoms with E-state index in [1.807, 2.05) is 0 Å². The SMILES string of the molecule is CC[C@H]1C(=O)OC[C@H](NC(=O)OC(C)(C)C)C(=O)O[C@@H](C)[C@@H]1OC(=O)C(C)C.CC[C@H]1C(=O)OC[C@H](NC(=O)c2nccc(OC)c2O)C(=O)O[C@@H](C)[C@@H]1OC(=O)C(C)C. The molecule has 0 spiro atoms. The molecular weight excluding hydrogens is 794 g/mol. The molecule has 1 aromatic heterocycles. The van der Waals surface area contributed by atoms with E-state index in [9.17, 15) is 43.5 Å². The van der Waals surface area contributed by atoms with Crippen molar-refractivity contribution in [2.75, 3.05) is 20.3 Å². The summed E-state index contributed by atoms with van der Waals surface area (Å²) in [6.45, 7) is 17.2. The molecular formula is C40H59N3O17. The number of alkyl carbamates (subject to hydrolysis) is 1. The second-order valence-corrected chi connectivity index (χ2v) is 15.6. The fourth-order valence-electron chi connectivity index (χ4n) is 5.61. The molecule has 8 atom stereocenters. The number of hydrogen-bond donors (Lipinski definition) is 3. The molecule has 3 rings (SSSR count). The molecule has 3 N–H and O–H groups in total. The third-order valence-electron chi connectivity index (χ3n) is 8.93. The lowest BCUT2D eigenvalue weighted by molar-refractivity contribution is -0.177. The number of pyridine rings is 1. The van der Waals surface area contributed by atoms with E-state index in [2.05, 4.69) is 15.6 Å². The van der Waals surface area contributed by atoms with Crippen LogP contribution < -0.4 is 15.4 Å². The number of nitrogens with one attached hydrogen (secondary N) is 2. The van der Waals surface area contributed by atoms with Crippen LogP contribution in [-0.2, 0) is 61.9 Å². The van der Waals surface area contributed by atoms with Crippen LogP contribution in [0.4, 0.5) is 4.79 Å². The van der Waals surface area contributed by atoms with Crippen molar-refractivity contribution in [3.8, 4) is 11.5 Å². The Kier molecular flexibility index (Phi) is 19.0. The van der Waals surface area contributed by atoms with Crippen molar-refractivity contribution < 1.29 is 81.4 Å². The molecule has 2 aliphatic rings. The first kappa shape index (κ1) is 50.5. The van der Waals surface area contributed by atoms with Gasteiger partial charge in [-0.2, -0.15) is 0 Å². The zero-order valence-corrected chi connectivity index (χ0v) is 36.2. The summed E-state index contributed by atoms with van der Waals surface area (Å²) < 4.78 is 42.1. The van der Waals surface area contributed by atoms with Gasteiger partial charge in [0.2, 0.25) is 0 Å². The predicted molar refractivity (Wildman–Crippen MR) is 207 cm³/mol. The van der Waals surface area contributed by atoms with Crippen LogP contribution in [0.2, 0.25) is 0 Å². The van der Waals surface area contributed by atoms with Gasteiger partial charge in [0.25, 0.3) is 5.91 Å². The standard InChI is InChI=1S/C21H28N2O9.C19H31NO8/c1-6-12-17(32-19(26)10(2)3)11(4)31-21(28)13(9-30-20(12)27)23-18(25)15-16(24)14(29-5)7-8-22-15;1-8-12-14(27-15(21)10(2)3)11(4)26-17(23)13(9-25-16(12)22)20-18(24)28-19(5,6)7/h7-8,10-13,17,24H,6,9H2,1-5H3,(H,23,25);10-14H,8-9H2,1-7H3,(H,20,24)/t11-,12+,13-,17-;11-,12+,13-,14-/m00/s1. The summed E-state index contributed by atoms with van der Waals surface area (Å²) in [6.07, 6.45) is -2.93. The zero-order chi connectivity index (χ0) is 45.6. The molecule has 0 aliphatic carbocycles. The molecule has 0 radical (unpaired) electrons. The molecule has 3 heterocycles. The normalized spacial score (nSPS) is 25.0. The van der Waals surface area contributed by atoms with E-state index in [0.717, 1.165) is 0 Å². The van der Waals surface area contributed by atoms with E-state index in [1.54, 1.807) is 62.3 Å². The Morgan fingerprint density at radius 3 is 1.60 bits per heavy atom. The van der Waals surface area contributed by atoms with Crippen LogP contribution >= 0.6 is 0 Å². The van der Waals surface area contributed by atoms with Crippen molar-refractivity contribution in [1.82, 2.24) is 15.6 Å². The zero-order valence-electron chi connectivity index (χ0n) is 36.2. The first-order valence-corrected chi connectivity index (χ1v) is 19.6. The summed E-state index contributed by atoms with van der Waals surface area (Å²) in [5, 5.41) is 14.8. The molecule has 0 saturated carbocycles. The van der Waals surface area contributed by atoms with Crippen LogP contribution in [0, 0.1) is 23.7 Å². The van der Waals surface area contributed by atoms with Gasteiger partial charge in [0, 0.05) is 12.3 Å². The number of hydrogen-bond acceptors (Lipinski definition) is 18. The molecule has 0 aromatic carbocycles. The maximum absolute atomic E-state index is 12.7. The number of esters is 6. The van der Waals surface area contributed by atoms with Crippen LogP contribution in [0.25, 0.3) is 0 Å². The van der Waals surface area contributed by atoms with Crippen molar-refractivity contribution in [1.29, 1.82) is 0 Å². The highest BCUT2D eigenvalue weighted by molar-refractivity contribution is 5.98. The molecule has 20 heteroatoms. The first-order valence-electron chi connectivity index (χ1n) is 19.6. The summed E-state index contributed by atoms with van der Waals surface area (Å²) in [5.41, 5.74) is -1.15. The van der Waals surface area contributed by atoms with Gasteiger partial charge in [-0.15, -0.1) is 0 Å². The first-order chi connectivity index (χ1) is 27.9. The Hall–Kier alpha value is -5.69. The Morgan fingerprint density at radius 2 is 1.22 bits per heavy atom. The maximum Gasteiger partial charge on any atom is 0.408 e. The van der Waals surface area contributed by atoms with Gasteiger partial charge in [-0.1, -0.05) is 41.5 Å². The molecule has 0 unspecified atom stereocenters. The van der Waals surface area contributed by atoms with Gasteiger partial charge in [0.15, 0.2) is 41.5 Å². The Labute approximate surface area is 349 Å². The van der Waals surface area contributed by atoms with Crippen LogP contribution in [0.5, 0.6) is 11.5 Å². The van der Waals surface area contributed by atoms with Gasteiger partial charge in [-0.3, -0.25) is 24.0 Å². The van der Waals surface area contributed by atoms with Crippen molar-refractivity contribution in [2.24, 2.45) is 23.7 Å². The highest BCUT2D eigenvalue weighted by atomic mass is 16.6. The molecule has 20 nitrogen and oxygen atoms in total. The number of ether oxygens (including phenoxy) is 8. The number of amides is 2. The Balaban J connectivity index is 0.000000418. The second-order valence-electron chi connectivity index (χ2n) is 15.6. The van der Waals surface area contributed by atoms with E-state index in [4.69, 9.17) is 37.9 Å². The highest BCUT2D eigenvalue weighted by Gasteiger charge is 2.43. The van der Waals surface area contributed by atoms with E-state index in [1.165, 1.54) is 33.2 Å². The van der Waals surface area contributed by atoms with E-state index in [0.29, 0.717) is 6.42 Å². The summed E-state index contributed by atoms with van der Waals surface area (Å²) >= 11 is 0. The number of nitrogens with zero attached hydrogens (tertiary/aromatic N) is 1. The fourth-order valence-corrected chi connectivity index (χ4v) is 5.61. The van der Waals surface area contributed by atoms with Gasteiger partial charge < -0.3 is 53.6 Å². The van der Waals surface area contributed by atoms with E-state index in [-0.39, 0.29) is 17.9 Å². The minimum absolute atomic E-state index is 0.0165. The molecule has 2 saturated heterocycles. The number of aromatic hydroxyl groups is 1. The van der Waals surface area contributed by atoms with Crippen LogP contribution in [0.15, 0.2) is 12.3 Å².